The molecule has 0 N–H and O–H groups in total. The minimum atomic E-state index is -0.199. The second-order valence-electron chi connectivity index (χ2n) is 7.57. The molecule has 5 nitrogen and oxygen atoms in total. The first-order valence-corrected chi connectivity index (χ1v) is 12.8. The van der Waals surface area contributed by atoms with E-state index in [9.17, 15) is 4.39 Å². The van der Waals surface area contributed by atoms with Crippen LogP contribution in [0.25, 0.3) is 15.9 Å². The molecule has 0 fully saturated rings. The van der Waals surface area contributed by atoms with Crippen molar-refractivity contribution < 1.29 is 9.13 Å². The lowest BCUT2D eigenvalue weighted by atomic mass is 9.90. The van der Waals surface area contributed by atoms with Crippen LogP contribution in [0.5, 0.6) is 0 Å². The molecule has 1 atom stereocenters. The Bertz CT molecular complexity index is 1250. The van der Waals surface area contributed by atoms with Gasteiger partial charge in [0.25, 0.3) is 0 Å². The van der Waals surface area contributed by atoms with E-state index < -0.39 is 0 Å². The largest absolute Gasteiger partial charge is 0.369 e. The number of rotatable bonds is 5. The zero-order valence-electron chi connectivity index (χ0n) is 16.9. The Labute approximate surface area is 186 Å². The molecule has 1 aromatic carbocycles. The third-order valence-corrected chi connectivity index (χ3v) is 8.38. The van der Waals surface area contributed by atoms with Crippen LogP contribution in [0.2, 0.25) is 0 Å². The van der Waals surface area contributed by atoms with Crippen molar-refractivity contribution in [1.29, 1.82) is 0 Å². The highest BCUT2D eigenvalue weighted by Crippen LogP contribution is 2.42. The summed E-state index contributed by atoms with van der Waals surface area (Å²) in [6.45, 7) is 4.94. The fourth-order valence-corrected chi connectivity index (χ4v) is 6.40. The van der Waals surface area contributed by atoms with E-state index in [-0.39, 0.29) is 11.4 Å². The molecular weight excluding hydrogens is 439 g/mol. The predicted molar refractivity (Wildman–Crippen MR) is 121 cm³/mol. The van der Waals surface area contributed by atoms with Crippen LogP contribution in [-0.2, 0) is 23.5 Å². The Balaban J connectivity index is 1.62. The summed E-state index contributed by atoms with van der Waals surface area (Å²) in [5, 5.41) is 11.7. The summed E-state index contributed by atoms with van der Waals surface area (Å²) in [6, 6.07) is 6.85. The highest BCUT2D eigenvalue weighted by Gasteiger charge is 2.33. The van der Waals surface area contributed by atoms with Crippen LogP contribution < -0.4 is 0 Å². The number of ether oxygens (including phenoxy) is 1. The van der Waals surface area contributed by atoms with Gasteiger partial charge in [0.2, 0.25) is 0 Å². The van der Waals surface area contributed by atoms with Gasteiger partial charge in [-0.2, -0.15) is 0 Å². The fraction of sp³-hybridized carbons (Fsp3) is 0.381. The van der Waals surface area contributed by atoms with Crippen LogP contribution >= 0.6 is 34.9 Å². The van der Waals surface area contributed by atoms with Crippen molar-refractivity contribution in [2.24, 2.45) is 0 Å². The van der Waals surface area contributed by atoms with Crippen LogP contribution in [-0.4, -0.2) is 31.4 Å². The van der Waals surface area contributed by atoms with Gasteiger partial charge in [0.15, 0.2) is 16.0 Å². The SMILES string of the molecule is CC[C@]1(C)Cc2c(sc3nc(SC)n4c(SCc5ccccc5F)nnc4c23)CO1. The maximum Gasteiger partial charge on any atom is 0.198 e. The monoisotopic (exact) mass is 460 g/mol. The lowest BCUT2D eigenvalue weighted by molar-refractivity contribution is -0.0542. The molecule has 3 aromatic heterocycles. The van der Waals surface area contributed by atoms with Crippen LogP contribution in [0, 0.1) is 5.82 Å². The molecule has 0 bridgehead atoms. The van der Waals surface area contributed by atoms with Gasteiger partial charge in [0, 0.05) is 17.1 Å². The van der Waals surface area contributed by atoms with Gasteiger partial charge in [0.1, 0.15) is 10.6 Å². The smallest absolute Gasteiger partial charge is 0.198 e. The molecule has 0 unspecified atom stereocenters. The Morgan fingerprint density at radius 2 is 2.10 bits per heavy atom. The van der Waals surface area contributed by atoms with Gasteiger partial charge in [-0.1, -0.05) is 48.6 Å². The molecule has 0 amide bonds. The predicted octanol–water partition coefficient (Wildman–Crippen LogP) is 5.73. The Morgan fingerprint density at radius 1 is 1.27 bits per heavy atom. The average Bonchev–Trinajstić information content (AvgIpc) is 3.33. The number of hydrogen-bond acceptors (Lipinski definition) is 7. The van der Waals surface area contributed by atoms with Gasteiger partial charge < -0.3 is 4.74 Å². The normalized spacial score (nSPS) is 18.9. The van der Waals surface area contributed by atoms with E-state index in [1.807, 2.05) is 16.7 Å². The number of aromatic nitrogens is 4. The molecule has 4 aromatic rings. The summed E-state index contributed by atoms with van der Waals surface area (Å²) in [5.74, 6) is 0.290. The molecule has 0 spiro atoms. The minimum absolute atomic E-state index is 0.168. The molecular formula is C21H21FN4OS3. The summed E-state index contributed by atoms with van der Waals surface area (Å²) in [6.07, 6.45) is 3.80. The van der Waals surface area contributed by atoms with Gasteiger partial charge in [0.05, 0.1) is 17.6 Å². The first-order chi connectivity index (χ1) is 14.5. The van der Waals surface area contributed by atoms with E-state index in [1.54, 1.807) is 35.2 Å². The molecule has 156 valence electrons. The van der Waals surface area contributed by atoms with Crippen molar-refractivity contribution in [1.82, 2.24) is 19.6 Å². The molecule has 30 heavy (non-hydrogen) atoms. The molecule has 0 radical (unpaired) electrons. The van der Waals surface area contributed by atoms with E-state index in [2.05, 4.69) is 24.0 Å². The van der Waals surface area contributed by atoms with Crippen LogP contribution in [0.3, 0.4) is 0 Å². The number of fused-ring (bicyclic) bond motifs is 5. The Hall–Kier alpha value is -1.68. The second kappa shape index (κ2) is 7.78. The third-order valence-electron chi connectivity index (χ3n) is 5.67. The molecule has 0 saturated carbocycles. The summed E-state index contributed by atoms with van der Waals surface area (Å²) < 4.78 is 22.2. The quantitative estimate of drug-likeness (QED) is 0.280. The molecule has 5 rings (SSSR count). The third kappa shape index (κ3) is 3.32. The van der Waals surface area contributed by atoms with Crippen LogP contribution in [0.15, 0.2) is 34.6 Å². The van der Waals surface area contributed by atoms with Crippen molar-refractivity contribution in [3.63, 3.8) is 0 Å². The maximum atomic E-state index is 14.1. The lowest BCUT2D eigenvalue weighted by Crippen LogP contribution is -2.33. The minimum Gasteiger partial charge on any atom is -0.369 e. The number of hydrogen-bond donors (Lipinski definition) is 0. The number of benzene rings is 1. The van der Waals surface area contributed by atoms with Crippen molar-refractivity contribution in [2.45, 2.75) is 55.0 Å². The number of nitrogens with zero attached hydrogens (tertiary/aromatic N) is 4. The molecule has 0 aliphatic carbocycles. The summed E-state index contributed by atoms with van der Waals surface area (Å²) in [5.41, 5.74) is 2.60. The van der Waals surface area contributed by atoms with E-state index in [1.165, 1.54) is 28.3 Å². The maximum absolute atomic E-state index is 14.1. The van der Waals surface area contributed by atoms with Gasteiger partial charge >= 0.3 is 0 Å². The summed E-state index contributed by atoms with van der Waals surface area (Å²) in [7, 11) is 0. The summed E-state index contributed by atoms with van der Waals surface area (Å²) >= 11 is 4.74. The lowest BCUT2D eigenvalue weighted by Gasteiger charge is -2.32. The highest BCUT2D eigenvalue weighted by atomic mass is 32.2. The average molecular weight is 461 g/mol. The number of thiophene rings is 1. The number of thioether (sulfide) groups is 2. The molecule has 0 saturated heterocycles. The van der Waals surface area contributed by atoms with Gasteiger partial charge in [-0.15, -0.1) is 21.5 Å². The van der Waals surface area contributed by atoms with Crippen molar-refractivity contribution in [3.8, 4) is 0 Å². The first-order valence-electron chi connectivity index (χ1n) is 9.76. The van der Waals surface area contributed by atoms with E-state index in [0.717, 1.165) is 39.0 Å². The molecule has 1 aliphatic heterocycles. The van der Waals surface area contributed by atoms with Gasteiger partial charge in [-0.3, -0.25) is 0 Å². The highest BCUT2D eigenvalue weighted by molar-refractivity contribution is 7.99. The van der Waals surface area contributed by atoms with Gasteiger partial charge in [-0.25, -0.2) is 13.8 Å². The fourth-order valence-electron chi connectivity index (χ4n) is 3.73. The van der Waals surface area contributed by atoms with Crippen LogP contribution in [0.4, 0.5) is 4.39 Å². The zero-order chi connectivity index (χ0) is 20.9. The van der Waals surface area contributed by atoms with Crippen molar-refractivity contribution >= 4 is 50.7 Å². The summed E-state index contributed by atoms with van der Waals surface area (Å²) in [4.78, 5) is 7.14. The first kappa shape index (κ1) is 20.2. The molecule has 1 aliphatic rings. The van der Waals surface area contributed by atoms with Crippen molar-refractivity contribution in [2.75, 3.05) is 6.26 Å². The second-order valence-corrected chi connectivity index (χ2v) is 10.4. The standard InChI is InChI=1S/C21H21FN4OS3/c1-4-21(2)9-13-15(10-27-21)30-18-16(13)17-24-25-20(26(17)19(23-18)28-3)29-11-12-7-5-6-8-14(12)22/h5-8H,4,9-11H2,1-3H3/t21-/m1/s1. The Morgan fingerprint density at radius 3 is 2.87 bits per heavy atom. The molecule has 9 heteroatoms. The zero-order valence-corrected chi connectivity index (χ0v) is 19.4. The number of halogens is 1. The van der Waals surface area contributed by atoms with Gasteiger partial charge in [-0.05, 0) is 36.8 Å². The Kier molecular flexibility index (Phi) is 5.25. The molecule has 4 heterocycles. The van der Waals surface area contributed by atoms with E-state index in [4.69, 9.17) is 9.72 Å². The van der Waals surface area contributed by atoms with Crippen molar-refractivity contribution in [3.05, 3.63) is 46.1 Å². The van der Waals surface area contributed by atoms with E-state index in [0.29, 0.717) is 17.9 Å². The van der Waals surface area contributed by atoms with Crippen LogP contribution in [0.1, 0.15) is 36.3 Å². The topological polar surface area (TPSA) is 52.3 Å². The van der Waals surface area contributed by atoms with E-state index >= 15 is 0 Å².